The Kier molecular flexibility index (Phi) is 3.51. The Morgan fingerprint density at radius 2 is 2.00 bits per heavy atom. The molecule has 3 aromatic rings. The lowest BCUT2D eigenvalue weighted by atomic mass is 10.1. The molecule has 0 aliphatic heterocycles. The molecule has 0 unspecified atom stereocenters. The number of fused-ring (bicyclic) bond motifs is 1. The van der Waals surface area contributed by atoms with Gasteiger partial charge in [0.15, 0.2) is 0 Å². The van der Waals surface area contributed by atoms with Crippen LogP contribution in [0.15, 0.2) is 53.1 Å². The first-order valence-corrected chi connectivity index (χ1v) is 7.10. The molecule has 0 bridgehead atoms. The van der Waals surface area contributed by atoms with Crippen molar-refractivity contribution in [3.05, 3.63) is 70.1 Å². The first-order chi connectivity index (χ1) is 10.0. The third-order valence-electron chi connectivity index (χ3n) is 3.37. The SMILES string of the molecule is O=C(O)c1ccc2c(ccn2Cc2ccc(Br)cc2F)c1. The van der Waals surface area contributed by atoms with Gasteiger partial charge < -0.3 is 9.67 Å². The number of nitrogens with zero attached hydrogens (tertiary/aromatic N) is 1. The molecule has 21 heavy (non-hydrogen) atoms. The third-order valence-corrected chi connectivity index (χ3v) is 3.87. The second kappa shape index (κ2) is 5.33. The first kappa shape index (κ1) is 13.8. The molecule has 0 spiro atoms. The fraction of sp³-hybridized carbons (Fsp3) is 0.0625. The van der Waals surface area contributed by atoms with Crippen LogP contribution in [0, 0.1) is 5.82 Å². The van der Waals surface area contributed by atoms with Crippen LogP contribution < -0.4 is 0 Å². The summed E-state index contributed by atoms with van der Waals surface area (Å²) in [7, 11) is 0. The number of carboxylic acids is 1. The van der Waals surface area contributed by atoms with Crippen molar-refractivity contribution in [3.8, 4) is 0 Å². The highest BCUT2D eigenvalue weighted by Gasteiger charge is 2.09. The number of aromatic nitrogens is 1. The van der Waals surface area contributed by atoms with Gasteiger partial charge in [-0.2, -0.15) is 0 Å². The van der Waals surface area contributed by atoms with Crippen molar-refractivity contribution in [2.24, 2.45) is 0 Å². The zero-order chi connectivity index (χ0) is 15.0. The zero-order valence-electron chi connectivity index (χ0n) is 10.9. The predicted molar refractivity (Wildman–Crippen MR) is 82.1 cm³/mol. The van der Waals surface area contributed by atoms with E-state index in [0.29, 0.717) is 16.6 Å². The van der Waals surface area contributed by atoms with Crippen LogP contribution in [-0.2, 0) is 6.54 Å². The zero-order valence-corrected chi connectivity index (χ0v) is 12.5. The van der Waals surface area contributed by atoms with E-state index in [1.54, 1.807) is 30.3 Å². The molecule has 0 amide bonds. The van der Waals surface area contributed by atoms with Crippen molar-refractivity contribution in [1.29, 1.82) is 0 Å². The Balaban J connectivity index is 1.99. The predicted octanol–water partition coefficient (Wildman–Crippen LogP) is 4.29. The van der Waals surface area contributed by atoms with E-state index >= 15 is 0 Å². The Labute approximate surface area is 128 Å². The highest BCUT2D eigenvalue weighted by atomic mass is 79.9. The molecule has 3 rings (SSSR count). The topological polar surface area (TPSA) is 42.2 Å². The van der Waals surface area contributed by atoms with Crippen molar-refractivity contribution in [3.63, 3.8) is 0 Å². The van der Waals surface area contributed by atoms with Crippen molar-refractivity contribution in [1.82, 2.24) is 4.57 Å². The molecule has 0 aliphatic carbocycles. The first-order valence-electron chi connectivity index (χ1n) is 6.31. The molecule has 3 nitrogen and oxygen atoms in total. The number of hydrogen-bond donors (Lipinski definition) is 1. The quantitative estimate of drug-likeness (QED) is 0.767. The van der Waals surface area contributed by atoms with Crippen LogP contribution in [-0.4, -0.2) is 15.6 Å². The summed E-state index contributed by atoms with van der Waals surface area (Å²) in [6.45, 7) is 0.398. The fourth-order valence-electron chi connectivity index (χ4n) is 2.30. The van der Waals surface area contributed by atoms with E-state index in [9.17, 15) is 9.18 Å². The van der Waals surface area contributed by atoms with Gasteiger partial charge in [-0.15, -0.1) is 0 Å². The van der Waals surface area contributed by atoms with Gasteiger partial charge in [-0.1, -0.05) is 22.0 Å². The molecule has 106 valence electrons. The lowest BCUT2D eigenvalue weighted by molar-refractivity contribution is 0.0697. The van der Waals surface area contributed by atoms with Crippen LogP contribution in [0.25, 0.3) is 10.9 Å². The summed E-state index contributed by atoms with van der Waals surface area (Å²) in [5.74, 6) is -1.23. The molecular weight excluding hydrogens is 337 g/mol. The molecule has 2 aromatic carbocycles. The van der Waals surface area contributed by atoms with E-state index in [4.69, 9.17) is 5.11 Å². The maximum absolute atomic E-state index is 13.9. The lowest BCUT2D eigenvalue weighted by Gasteiger charge is -2.07. The summed E-state index contributed by atoms with van der Waals surface area (Å²) < 4.78 is 16.5. The number of rotatable bonds is 3. The Morgan fingerprint density at radius 1 is 1.19 bits per heavy atom. The van der Waals surface area contributed by atoms with E-state index in [0.717, 1.165) is 10.9 Å². The number of carboxylic acid groups (broad SMARTS) is 1. The molecule has 1 aromatic heterocycles. The lowest BCUT2D eigenvalue weighted by Crippen LogP contribution is -2.01. The minimum Gasteiger partial charge on any atom is -0.478 e. The van der Waals surface area contributed by atoms with Gasteiger partial charge in [-0.05, 0) is 36.4 Å². The normalized spacial score (nSPS) is 11.0. The van der Waals surface area contributed by atoms with Crippen LogP contribution in [0.3, 0.4) is 0 Å². The smallest absolute Gasteiger partial charge is 0.335 e. The highest BCUT2D eigenvalue weighted by molar-refractivity contribution is 9.10. The second-order valence-electron chi connectivity index (χ2n) is 4.76. The maximum atomic E-state index is 13.9. The molecule has 5 heteroatoms. The Bertz CT molecular complexity index is 841. The van der Waals surface area contributed by atoms with E-state index in [-0.39, 0.29) is 11.4 Å². The van der Waals surface area contributed by atoms with Gasteiger partial charge in [0.25, 0.3) is 0 Å². The molecule has 0 saturated carbocycles. The molecule has 0 fully saturated rings. The highest BCUT2D eigenvalue weighted by Crippen LogP contribution is 2.21. The van der Waals surface area contributed by atoms with E-state index < -0.39 is 5.97 Å². The summed E-state index contributed by atoms with van der Waals surface area (Å²) in [6, 6.07) is 11.7. The van der Waals surface area contributed by atoms with Crippen LogP contribution in [0.1, 0.15) is 15.9 Å². The number of benzene rings is 2. The standard InChI is InChI=1S/C16H11BrFNO2/c17-13-3-1-12(14(18)8-13)9-19-6-5-10-7-11(16(20)21)2-4-15(10)19/h1-8H,9H2,(H,20,21). The Morgan fingerprint density at radius 3 is 2.71 bits per heavy atom. The monoisotopic (exact) mass is 347 g/mol. The van der Waals surface area contributed by atoms with Gasteiger partial charge in [0.2, 0.25) is 0 Å². The van der Waals surface area contributed by atoms with Crippen molar-refractivity contribution in [2.45, 2.75) is 6.54 Å². The van der Waals surface area contributed by atoms with Gasteiger partial charge >= 0.3 is 5.97 Å². The number of hydrogen-bond acceptors (Lipinski definition) is 1. The minimum absolute atomic E-state index is 0.245. The molecular formula is C16H11BrFNO2. The van der Waals surface area contributed by atoms with Crippen LogP contribution >= 0.6 is 15.9 Å². The summed E-state index contributed by atoms with van der Waals surface area (Å²) in [5, 5.41) is 9.81. The van der Waals surface area contributed by atoms with E-state index in [2.05, 4.69) is 15.9 Å². The van der Waals surface area contributed by atoms with Crippen LogP contribution in [0.4, 0.5) is 4.39 Å². The van der Waals surface area contributed by atoms with Gasteiger partial charge in [0, 0.05) is 27.1 Å². The van der Waals surface area contributed by atoms with Gasteiger partial charge in [0.1, 0.15) is 5.82 Å². The molecule has 0 aliphatic rings. The molecule has 1 heterocycles. The fourth-order valence-corrected chi connectivity index (χ4v) is 2.64. The largest absolute Gasteiger partial charge is 0.478 e. The van der Waals surface area contributed by atoms with Gasteiger partial charge in [-0.25, -0.2) is 9.18 Å². The van der Waals surface area contributed by atoms with Gasteiger partial charge in [-0.3, -0.25) is 0 Å². The summed E-state index contributed by atoms with van der Waals surface area (Å²) in [6.07, 6.45) is 1.83. The van der Waals surface area contributed by atoms with Crippen molar-refractivity contribution < 1.29 is 14.3 Å². The van der Waals surface area contributed by atoms with E-state index in [1.165, 1.54) is 6.07 Å². The van der Waals surface area contributed by atoms with Crippen LogP contribution in [0.5, 0.6) is 0 Å². The maximum Gasteiger partial charge on any atom is 0.335 e. The van der Waals surface area contributed by atoms with E-state index in [1.807, 2.05) is 16.8 Å². The third kappa shape index (κ3) is 2.69. The second-order valence-corrected chi connectivity index (χ2v) is 5.67. The summed E-state index contributed by atoms with van der Waals surface area (Å²) in [4.78, 5) is 11.0. The molecule has 0 saturated heterocycles. The van der Waals surface area contributed by atoms with Crippen molar-refractivity contribution >= 4 is 32.8 Å². The molecule has 1 N–H and O–H groups in total. The van der Waals surface area contributed by atoms with Crippen LogP contribution in [0.2, 0.25) is 0 Å². The Hall–Kier alpha value is -2.14. The average molecular weight is 348 g/mol. The number of carbonyl (C=O) groups is 1. The summed E-state index contributed by atoms with van der Waals surface area (Å²) in [5.41, 5.74) is 1.70. The number of halogens is 2. The molecule has 0 atom stereocenters. The summed E-state index contributed by atoms with van der Waals surface area (Å²) >= 11 is 3.23. The van der Waals surface area contributed by atoms with Crippen molar-refractivity contribution in [2.75, 3.05) is 0 Å². The average Bonchev–Trinajstić information content (AvgIpc) is 2.84. The number of aromatic carboxylic acids is 1. The molecule has 0 radical (unpaired) electrons. The van der Waals surface area contributed by atoms with Gasteiger partial charge in [0.05, 0.1) is 12.1 Å². The minimum atomic E-state index is -0.955.